The summed E-state index contributed by atoms with van der Waals surface area (Å²) in [6.45, 7) is 0. The molecular formula is C5H7I2N. The van der Waals surface area contributed by atoms with Crippen LogP contribution in [0.25, 0.3) is 0 Å². The summed E-state index contributed by atoms with van der Waals surface area (Å²) in [4.78, 5) is 0. The van der Waals surface area contributed by atoms with Gasteiger partial charge in [-0.1, -0.05) is 28.7 Å². The van der Waals surface area contributed by atoms with E-state index in [-0.39, 0.29) is 0 Å². The molecule has 0 spiro atoms. The first-order chi connectivity index (χ1) is 3.81. The van der Waals surface area contributed by atoms with Crippen molar-refractivity contribution in [2.75, 3.05) is 4.43 Å². The van der Waals surface area contributed by atoms with Crippen LogP contribution in [0.1, 0.15) is 0 Å². The van der Waals surface area contributed by atoms with Crippen molar-refractivity contribution in [3.8, 4) is 0 Å². The summed E-state index contributed by atoms with van der Waals surface area (Å²) in [6.07, 6.45) is 5.52. The number of halogens is 2. The fraction of sp³-hybridized carbons (Fsp3) is 0.200. The summed E-state index contributed by atoms with van der Waals surface area (Å²) >= 11 is 4.52. The minimum absolute atomic E-state index is 1.04. The van der Waals surface area contributed by atoms with Gasteiger partial charge in [-0.25, -0.2) is 0 Å². The van der Waals surface area contributed by atoms with E-state index in [1.165, 1.54) is 3.58 Å². The Morgan fingerprint density at radius 1 is 1.62 bits per heavy atom. The number of nitrogens with two attached hydrogens (primary N) is 1. The van der Waals surface area contributed by atoms with E-state index in [0.29, 0.717) is 0 Å². The van der Waals surface area contributed by atoms with Crippen LogP contribution < -0.4 is 5.73 Å². The lowest BCUT2D eigenvalue weighted by atomic mass is 10.5. The van der Waals surface area contributed by atoms with Gasteiger partial charge in [0, 0.05) is 8.01 Å². The summed E-state index contributed by atoms with van der Waals surface area (Å²) in [5.74, 6) is 0. The third-order valence-corrected chi connectivity index (χ3v) is 1.77. The van der Waals surface area contributed by atoms with Crippen molar-refractivity contribution < 1.29 is 0 Å². The molecule has 0 aromatic heterocycles. The van der Waals surface area contributed by atoms with E-state index >= 15 is 0 Å². The Hall–Kier alpha value is 0.740. The Balaban J connectivity index is 3.61. The highest BCUT2D eigenvalue weighted by atomic mass is 127. The smallest absolute Gasteiger partial charge is 0.0189 e. The minimum atomic E-state index is 1.04. The van der Waals surface area contributed by atoms with E-state index in [1.54, 1.807) is 6.20 Å². The Morgan fingerprint density at radius 2 is 2.25 bits per heavy atom. The molecule has 0 heterocycles. The van der Waals surface area contributed by atoms with E-state index in [4.69, 9.17) is 5.73 Å². The molecule has 0 aromatic rings. The van der Waals surface area contributed by atoms with Gasteiger partial charge in [-0.2, -0.15) is 0 Å². The lowest BCUT2D eigenvalue weighted by Gasteiger charge is -1.82. The second-order valence-corrected chi connectivity index (χ2v) is 3.23. The topological polar surface area (TPSA) is 26.0 Å². The summed E-state index contributed by atoms with van der Waals surface area (Å²) in [5.41, 5.74) is 5.13. The summed E-state index contributed by atoms with van der Waals surface area (Å²) in [5, 5.41) is 0. The van der Waals surface area contributed by atoms with Gasteiger partial charge in [0.25, 0.3) is 0 Å². The highest BCUT2D eigenvalue weighted by Crippen LogP contribution is 2.06. The van der Waals surface area contributed by atoms with Crippen LogP contribution in [0.5, 0.6) is 0 Å². The molecule has 3 heteroatoms. The van der Waals surface area contributed by atoms with Gasteiger partial charge in [0.1, 0.15) is 0 Å². The maximum absolute atomic E-state index is 5.13. The first-order valence-electron chi connectivity index (χ1n) is 2.11. The second kappa shape index (κ2) is 5.87. The number of rotatable bonds is 2. The molecule has 1 nitrogen and oxygen atoms in total. The normalized spacial score (nSPS) is 13.0. The van der Waals surface area contributed by atoms with E-state index < -0.39 is 0 Å². The zero-order chi connectivity index (χ0) is 6.41. The molecule has 0 aliphatic carbocycles. The Bertz CT molecular complexity index is 107. The minimum Gasteiger partial charge on any atom is -0.405 e. The predicted molar refractivity (Wildman–Crippen MR) is 54.3 cm³/mol. The van der Waals surface area contributed by atoms with Crippen LogP contribution in [-0.4, -0.2) is 4.43 Å². The van der Waals surface area contributed by atoms with Crippen LogP contribution in [0.15, 0.2) is 21.9 Å². The van der Waals surface area contributed by atoms with Gasteiger partial charge in [0.15, 0.2) is 0 Å². The molecule has 2 N–H and O–H groups in total. The molecule has 0 aliphatic heterocycles. The first kappa shape index (κ1) is 8.74. The molecule has 0 atom stereocenters. The van der Waals surface area contributed by atoms with Crippen molar-refractivity contribution >= 4 is 45.2 Å². The van der Waals surface area contributed by atoms with Crippen LogP contribution in [0, 0.1) is 0 Å². The maximum atomic E-state index is 5.13. The van der Waals surface area contributed by atoms with Crippen molar-refractivity contribution in [1.82, 2.24) is 0 Å². The van der Waals surface area contributed by atoms with Gasteiger partial charge in [0.05, 0.1) is 0 Å². The second-order valence-electron chi connectivity index (χ2n) is 1.10. The molecule has 46 valence electrons. The van der Waals surface area contributed by atoms with Crippen LogP contribution in [0.3, 0.4) is 0 Å². The predicted octanol–water partition coefficient (Wildman–Crippen LogP) is 2.21. The van der Waals surface area contributed by atoms with Crippen LogP contribution in [0.2, 0.25) is 0 Å². The lowest BCUT2D eigenvalue weighted by Crippen LogP contribution is -1.75. The maximum Gasteiger partial charge on any atom is 0.0189 e. The van der Waals surface area contributed by atoms with Crippen molar-refractivity contribution in [3.63, 3.8) is 0 Å². The molecule has 0 amide bonds. The average Bonchev–Trinajstić information content (AvgIpc) is 1.68. The van der Waals surface area contributed by atoms with Crippen molar-refractivity contribution in [3.05, 3.63) is 21.9 Å². The van der Waals surface area contributed by atoms with E-state index in [0.717, 1.165) is 4.43 Å². The van der Waals surface area contributed by atoms with Gasteiger partial charge >= 0.3 is 0 Å². The summed E-state index contributed by atoms with van der Waals surface area (Å²) < 4.78 is 2.24. The summed E-state index contributed by atoms with van der Waals surface area (Å²) in [7, 11) is 0. The molecule has 0 aliphatic rings. The quantitative estimate of drug-likeness (QED) is 0.468. The molecule has 0 saturated heterocycles. The highest BCUT2D eigenvalue weighted by molar-refractivity contribution is 14.1. The molecule has 0 unspecified atom stereocenters. The Kier molecular flexibility index (Phi) is 6.41. The van der Waals surface area contributed by atoms with E-state index in [9.17, 15) is 0 Å². The number of alkyl halides is 1. The monoisotopic (exact) mass is 335 g/mol. The first-order valence-corrected chi connectivity index (χ1v) is 4.71. The SMILES string of the molecule is N/C=C\C(I)=C/CI. The Morgan fingerprint density at radius 3 is 2.62 bits per heavy atom. The van der Waals surface area contributed by atoms with Crippen molar-refractivity contribution in [2.45, 2.75) is 0 Å². The van der Waals surface area contributed by atoms with Gasteiger partial charge in [0.2, 0.25) is 0 Å². The standard InChI is InChI=1S/C5H7I2N/c6-3-1-5(7)2-4-8/h1-2,4H,3,8H2/b4-2-,5-1+. The largest absolute Gasteiger partial charge is 0.405 e. The molecule has 0 bridgehead atoms. The molecule has 0 radical (unpaired) electrons. The summed E-state index contributed by atoms with van der Waals surface area (Å²) in [6, 6.07) is 0. The average molecular weight is 335 g/mol. The van der Waals surface area contributed by atoms with E-state index in [2.05, 4.69) is 51.3 Å². The van der Waals surface area contributed by atoms with Gasteiger partial charge < -0.3 is 5.73 Å². The van der Waals surface area contributed by atoms with Crippen LogP contribution >= 0.6 is 45.2 Å². The molecule has 0 saturated carbocycles. The molecule has 0 rings (SSSR count). The van der Waals surface area contributed by atoms with Crippen molar-refractivity contribution in [1.29, 1.82) is 0 Å². The van der Waals surface area contributed by atoms with E-state index in [1.807, 2.05) is 6.08 Å². The number of hydrogen-bond acceptors (Lipinski definition) is 1. The third kappa shape index (κ3) is 4.89. The fourth-order valence-electron chi connectivity index (χ4n) is 0.234. The number of hydrogen-bond donors (Lipinski definition) is 1. The zero-order valence-electron chi connectivity index (χ0n) is 4.27. The van der Waals surface area contributed by atoms with Gasteiger partial charge in [-0.3, -0.25) is 0 Å². The van der Waals surface area contributed by atoms with Crippen LogP contribution in [0.4, 0.5) is 0 Å². The Labute approximate surface area is 76.7 Å². The fourth-order valence-corrected chi connectivity index (χ4v) is 1.98. The molecule has 0 fully saturated rings. The molecular weight excluding hydrogens is 328 g/mol. The number of allylic oxidation sites excluding steroid dienone is 3. The van der Waals surface area contributed by atoms with Gasteiger partial charge in [-0.05, 0) is 34.9 Å². The highest BCUT2D eigenvalue weighted by Gasteiger charge is 1.77. The third-order valence-electron chi connectivity index (χ3n) is 0.528. The lowest BCUT2D eigenvalue weighted by molar-refractivity contribution is 1.59. The zero-order valence-corrected chi connectivity index (χ0v) is 8.59. The van der Waals surface area contributed by atoms with Crippen molar-refractivity contribution in [2.24, 2.45) is 5.73 Å². The van der Waals surface area contributed by atoms with Crippen LogP contribution in [-0.2, 0) is 0 Å². The van der Waals surface area contributed by atoms with Gasteiger partial charge in [-0.15, -0.1) is 0 Å². The molecule has 0 aromatic carbocycles. The molecule has 8 heavy (non-hydrogen) atoms.